The van der Waals surface area contributed by atoms with Crippen LogP contribution in [-0.2, 0) is 0 Å². The van der Waals surface area contributed by atoms with E-state index in [1.54, 1.807) is 12.3 Å². The molecular weight excluding hydrogens is 143 g/mol. The maximum Gasteiger partial charge on any atom is 0.148 e. The Bertz CT molecular complexity index is 392. The fourth-order valence-corrected chi connectivity index (χ4v) is 1.16. The Morgan fingerprint density at radius 2 is 2.36 bits per heavy atom. The summed E-state index contributed by atoms with van der Waals surface area (Å²) in [5, 5.41) is 0.609. The van der Waals surface area contributed by atoms with E-state index in [0.717, 1.165) is 11.2 Å². The molecule has 2 nitrogen and oxygen atoms in total. The Balaban J connectivity index is 2.94. The molecule has 0 fully saturated rings. The first-order chi connectivity index (χ1) is 5.29. The second-order valence-corrected chi connectivity index (χ2v) is 2.46. The van der Waals surface area contributed by atoms with Crippen LogP contribution in [0.25, 0.3) is 10.9 Å². The van der Waals surface area contributed by atoms with Crippen molar-refractivity contribution in [1.82, 2.24) is 9.97 Å². The summed E-state index contributed by atoms with van der Waals surface area (Å²) in [6, 6.07) is 1.66. The molecule has 0 amide bonds. The van der Waals surface area contributed by atoms with E-state index in [1.165, 1.54) is 6.20 Å². The highest BCUT2D eigenvalue weighted by Crippen LogP contribution is 2.17. The molecule has 3 heteroatoms. The fourth-order valence-electron chi connectivity index (χ4n) is 1.16. The predicted molar refractivity (Wildman–Crippen MR) is 40.8 cm³/mol. The van der Waals surface area contributed by atoms with E-state index >= 15 is 0 Å². The van der Waals surface area contributed by atoms with Crippen LogP contribution in [0.3, 0.4) is 0 Å². The van der Waals surface area contributed by atoms with E-state index in [0.29, 0.717) is 5.39 Å². The minimum Gasteiger partial charge on any atom is -0.357 e. The number of hydrogen-bond acceptors (Lipinski definition) is 1. The summed E-state index contributed by atoms with van der Waals surface area (Å²) in [5.74, 6) is -0.217. The second-order valence-electron chi connectivity index (χ2n) is 2.46. The van der Waals surface area contributed by atoms with E-state index in [-0.39, 0.29) is 5.82 Å². The van der Waals surface area contributed by atoms with E-state index in [9.17, 15) is 4.39 Å². The first-order valence-corrected chi connectivity index (χ1v) is 3.37. The number of rotatable bonds is 0. The van der Waals surface area contributed by atoms with Gasteiger partial charge in [-0.1, -0.05) is 0 Å². The maximum atomic E-state index is 12.9. The smallest absolute Gasteiger partial charge is 0.148 e. The summed E-state index contributed by atoms with van der Waals surface area (Å²) in [6.07, 6.45) is 2.95. The summed E-state index contributed by atoms with van der Waals surface area (Å²) in [7, 11) is 0. The van der Waals surface area contributed by atoms with Gasteiger partial charge in [0.15, 0.2) is 0 Å². The minimum absolute atomic E-state index is 0.217. The number of hydrogen-bond donors (Lipinski definition) is 1. The molecule has 0 radical (unpaired) electrons. The zero-order chi connectivity index (χ0) is 7.84. The molecule has 1 N–H and O–H groups in total. The average Bonchev–Trinajstić information content (AvgIpc) is 2.35. The lowest BCUT2D eigenvalue weighted by atomic mass is 10.2. The topological polar surface area (TPSA) is 28.7 Å². The van der Waals surface area contributed by atoms with Gasteiger partial charge in [0, 0.05) is 17.8 Å². The normalized spacial score (nSPS) is 10.7. The van der Waals surface area contributed by atoms with Gasteiger partial charge in [0.2, 0.25) is 0 Å². The van der Waals surface area contributed by atoms with Gasteiger partial charge in [0.25, 0.3) is 0 Å². The monoisotopic (exact) mass is 150 g/mol. The summed E-state index contributed by atoms with van der Waals surface area (Å²) in [6.45, 7) is 1.85. The molecule has 0 aromatic carbocycles. The van der Waals surface area contributed by atoms with Crippen LogP contribution in [-0.4, -0.2) is 9.97 Å². The third-order valence-corrected chi connectivity index (χ3v) is 1.74. The van der Waals surface area contributed by atoms with Gasteiger partial charge in [0.1, 0.15) is 5.82 Å². The highest BCUT2D eigenvalue weighted by Gasteiger charge is 2.03. The molecule has 0 saturated heterocycles. The first-order valence-electron chi connectivity index (χ1n) is 3.37. The lowest BCUT2D eigenvalue weighted by molar-refractivity contribution is 0.639. The van der Waals surface area contributed by atoms with Crippen LogP contribution in [0.5, 0.6) is 0 Å². The van der Waals surface area contributed by atoms with Crippen molar-refractivity contribution in [3.63, 3.8) is 0 Å². The van der Waals surface area contributed by atoms with Crippen molar-refractivity contribution in [2.45, 2.75) is 6.92 Å². The van der Waals surface area contributed by atoms with Crippen molar-refractivity contribution < 1.29 is 4.39 Å². The molecule has 2 rings (SSSR count). The molecule has 0 atom stereocenters. The van der Waals surface area contributed by atoms with Crippen molar-refractivity contribution in [2.24, 2.45) is 0 Å². The van der Waals surface area contributed by atoms with Crippen molar-refractivity contribution in [3.05, 3.63) is 30.0 Å². The van der Waals surface area contributed by atoms with Crippen LogP contribution in [0.2, 0.25) is 0 Å². The molecule has 0 aliphatic carbocycles. The summed E-state index contributed by atoms with van der Waals surface area (Å²) in [4.78, 5) is 6.84. The van der Waals surface area contributed by atoms with Crippen LogP contribution in [0.1, 0.15) is 5.69 Å². The Morgan fingerprint density at radius 1 is 1.55 bits per heavy atom. The third kappa shape index (κ3) is 0.808. The quantitative estimate of drug-likeness (QED) is 0.611. The van der Waals surface area contributed by atoms with Crippen molar-refractivity contribution >= 4 is 10.9 Å². The summed E-state index contributed by atoms with van der Waals surface area (Å²) in [5.41, 5.74) is 1.61. The van der Waals surface area contributed by atoms with E-state index in [2.05, 4.69) is 9.97 Å². The number of nitrogens with zero attached hydrogens (tertiary/aromatic N) is 1. The molecule has 2 aromatic rings. The molecule has 0 unspecified atom stereocenters. The van der Waals surface area contributed by atoms with Gasteiger partial charge >= 0.3 is 0 Å². The minimum atomic E-state index is -0.217. The number of H-pyrrole nitrogens is 1. The Labute approximate surface area is 63.1 Å². The Kier molecular flexibility index (Phi) is 1.18. The Hall–Kier alpha value is -1.38. The van der Waals surface area contributed by atoms with Gasteiger partial charge in [-0.05, 0) is 13.0 Å². The van der Waals surface area contributed by atoms with Gasteiger partial charge in [-0.3, -0.25) is 4.98 Å². The number of aromatic amines is 1. The molecule has 0 saturated carbocycles. The molecule has 2 heterocycles. The van der Waals surface area contributed by atoms with Crippen LogP contribution in [0, 0.1) is 12.7 Å². The van der Waals surface area contributed by atoms with Gasteiger partial charge in [0.05, 0.1) is 11.2 Å². The molecule has 0 aliphatic rings. The van der Waals surface area contributed by atoms with Crippen LogP contribution in [0.15, 0.2) is 18.5 Å². The molecule has 56 valence electrons. The largest absolute Gasteiger partial charge is 0.357 e. The van der Waals surface area contributed by atoms with E-state index in [4.69, 9.17) is 0 Å². The summed E-state index contributed by atoms with van der Waals surface area (Å²) < 4.78 is 12.9. The summed E-state index contributed by atoms with van der Waals surface area (Å²) >= 11 is 0. The third-order valence-electron chi connectivity index (χ3n) is 1.74. The number of pyridine rings is 1. The lowest BCUT2D eigenvalue weighted by Crippen LogP contribution is -1.80. The average molecular weight is 150 g/mol. The number of aromatic nitrogens is 2. The molecule has 0 aliphatic heterocycles. The van der Waals surface area contributed by atoms with Gasteiger partial charge < -0.3 is 4.98 Å². The van der Waals surface area contributed by atoms with Crippen molar-refractivity contribution in [2.75, 3.05) is 0 Å². The van der Waals surface area contributed by atoms with E-state index < -0.39 is 0 Å². The fraction of sp³-hybridized carbons (Fsp3) is 0.125. The van der Waals surface area contributed by atoms with Gasteiger partial charge in [-0.2, -0.15) is 0 Å². The number of aryl methyl sites for hydroxylation is 1. The predicted octanol–water partition coefficient (Wildman–Crippen LogP) is 2.01. The molecule has 0 bridgehead atoms. The zero-order valence-electron chi connectivity index (χ0n) is 6.06. The highest BCUT2D eigenvalue weighted by atomic mass is 19.1. The number of halogens is 1. The molecule has 0 spiro atoms. The molecule has 11 heavy (non-hydrogen) atoms. The maximum absolute atomic E-state index is 12.9. The molecule has 2 aromatic heterocycles. The Morgan fingerprint density at radius 3 is 3.09 bits per heavy atom. The standard InChI is InChI=1S/C8H7FN2/c1-5-8-6(2-3-10-5)7(9)4-11-8/h2-4,11H,1H3. The van der Waals surface area contributed by atoms with Gasteiger partial charge in [-0.25, -0.2) is 4.39 Å². The number of fused-ring (bicyclic) bond motifs is 1. The highest BCUT2D eigenvalue weighted by molar-refractivity contribution is 5.81. The van der Waals surface area contributed by atoms with Crippen molar-refractivity contribution in [1.29, 1.82) is 0 Å². The zero-order valence-corrected chi connectivity index (χ0v) is 6.06. The van der Waals surface area contributed by atoms with Crippen LogP contribution < -0.4 is 0 Å². The van der Waals surface area contributed by atoms with Crippen LogP contribution in [0.4, 0.5) is 4.39 Å². The van der Waals surface area contributed by atoms with E-state index in [1.807, 2.05) is 6.92 Å². The first kappa shape index (κ1) is 6.34. The second kappa shape index (κ2) is 2.05. The molecular formula is C8H7FN2. The number of nitrogens with one attached hydrogen (secondary N) is 1. The lowest BCUT2D eigenvalue weighted by Gasteiger charge is -1.92. The van der Waals surface area contributed by atoms with Gasteiger partial charge in [-0.15, -0.1) is 0 Å². The SMILES string of the molecule is Cc1nccc2c(F)c[nH]c12. The van der Waals surface area contributed by atoms with Crippen LogP contribution >= 0.6 is 0 Å². The van der Waals surface area contributed by atoms with Crippen molar-refractivity contribution in [3.8, 4) is 0 Å².